The van der Waals surface area contributed by atoms with Crippen molar-refractivity contribution in [3.8, 4) is 0 Å². The van der Waals surface area contributed by atoms with E-state index in [2.05, 4.69) is 31.3 Å². The van der Waals surface area contributed by atoms with E-state index in [1.54, 1.807) is 11.9 Å². The van der Waals surface area contributed by atoms with E-state index in [0.29, 0.717) is 24.0 Å². The lowest BCUT2D eigenvalue weighted by molar-refractivity contribution is -0.130. The Morgan fingerprint density at radius 1 is 1.39 bits per heavy atom. The monoisotopic (exact) mass is 339 g/mol. The molecule has 3 N–H and O–H groups in total. The van der Waals surface area contributed by atoms with Crippen molar-refractivity contribution in [2.24, 2.45) is 0 Å². The summed E-state index contributed by atoms with van der Waals surface area (Å²) in [6, 6.07) is 0.452. The fourth-order valence-corrected chi connectivity index (χ4v) is 4.55. The van der Waals surface area contributed by atoms with Crippen molar-refractivity contribution in [3.63, 3.8) is 0 Å². The highest BCUT2D eigenvalue weighted by Crippen LogP contribution is 2.33. The minimum Gasteiger partial charge on any atom is -0.338 e. The number of amides is 3. The third kappa shape index (κ3) is 3.92. The quantitative estimate of drug-likeness (QED) is 0.471. The first kappa shape index (κ1) is 16.0. The molecular formula is C13H21N7O2S. The van der Waals surface area contributed by atoms with Gasteiger partial charge in [0, 0.05) is 24.5 Å². The second kappa shape index (κ2) is 7.16. The highest BCUT2D eigenvalue weighted by Gasteiger charge is 2.42. The van der Waals surface area contributed by atoms with Gasteiger partial charge in [0.15, 0.2) is 5.82 Å². The molecule has 1 aromatic heterocycles. The van der Waals surface area contributed by atoms with Crippen LogP contribution in [0.15, 0.2) is 0 Å². The summed E-state index contributed by atoms with van der Waals surface area (Å²) in [6.07, 6.45) is 3.38. The molecule has 2 aliphatic heterocycles. The predicted octanol–water partition coefficient (Wildman–Crippen LogP) is -0.116. The van der Waals surface area contributed by atoms with Gasteiger partial charge in [-0.3, -0.25) is 4.79 Å². The first-order valence-electron chi connectivity index (χ1n) is 7.78. The van der Waals surface area contributed by atoms with Crippen molar-refractivity contribution in [1.82, 2.24) is 36.2 Å². The van der Waals surface area contributed by atoms with Crippen molar-refractivity contribution in [3.05, 3.63) is 5.82 Å². The van der Waals surface area contributed by atoms with Gasteiger partial charge >= 0.3 is 6.03 Å². The lowest BCUT2D eigenvalue weighted by Crippen LogP contribution is -2.36. The Hall–Kier alpha value is -1.84. The highest BCUT2D eigenvalue weighted by atomic mass is 32.2. The molecule has 0 bridgehead atoms. The molecule has 10 heteroatoms. The first-order valence-corrected chi connectivity index (χ1v) is 8.83. The van der Waals surface area contributed by atoms with Crippen molar-refractivity contribution >= 4 is 23.7 Å². The van der Waals surface area contributed by atoms with Crippen molar-refractivity contribution < 1.29 is 9.59 Å². The normalized spacial score (nSPS) is 25.8. The Bertz CT molecular complexity index is 553. The minimum absolute atomic E-state index is 0.0523. The van der Waals surface area contributed by atoms with Crippen LogP contribution >= 0.6 is 11.8 Å². The number of unbranched alkanes of at least 4 members (excludes halogenated alkanes) is 1. The molecular weight excluding hydrogens is 318 g/mol. The summed E-state index contributed by atoms with van der Waals surface area (Å²) in [6.45, 7) is 0.370. The lowest BCUT2D eigenvalue weighted by atomic mass is 10.0. The van der Waals surface area contributed by atoms with Crippen molar-refractivity contribution in [2.45, 2.75) is 49.6 Å². The van der Waals surface area contributed by atoms with Crippen LogP contribution in [0.1, 0.15) is 31.5 Å². The summed E-state index contributed by atoms with van der Waals surface area (Å²) >= 11 is 1.90. The molecule has 2 fully saturated rings. The average Bonchev–Trinajstić information content (AvgIpc) is 3.22. The van der Waals surface area contributed by atoms with E-state index in [0.717, 1.165) is 25.0 Å². The standard InChI is InChI=1S/C13H21N7O2S/c1-20(6-10-16-18-19-17-10)11(21)5-3-2-4-9-12-8(7-23-9)14-13(22)15-12/h8-9,12H,2-7H2,1H3,(H2,14,15,22)(H,16,17,18,19)/t8-,9-,12-/m0/s1. The van der Waals surface area contributed by atoms with Crippen molar-refractivity contribution in [1.29, 1.82) is 0 Å². The van der Waals surface area contributed by atoms with Gasteiger partial charge in [0.1, 0.15) is 0 Å². The summed E-state index contributed by atoms with van der Waals surface area (Å²) in [5.41, 5.74) is 0. The molecule has 3 amide bonds. The number of carbonyl (C=O) groups excluding carboxylic acids is 2. The third-order valence-corrected chi connectivity index (χ3v) is 5.77. The van der Waals surface area contributed by atoms with E-state index in [4.69, 9.17) is 0 Å². The van der Waals surface area contributed by atoms with Gasteiger partial charge in [-0.1, -0.05) is 11.6 Å². The second-order valence-electron chi connectivity index (χ2n) is 5.95. The first-order chi connectivity index (χ1) is 11.1. The molecule has 126 valence electrons. The van der Waals surface area contributed by atoms with Gasteiger partial charge in [0.25, 0.3) is 0 Å². The number of carbonyl (C=O) groups is 2. The number of nitrogens with one attached hydrogen (secondary N) is 3. The molecule has 0 aliphatic carbocycles. The second-order valence-corrected chi connectivity index (χ2v) is 7.22. The highest BCUT2D eigenvalue weighted by molar-refractivity contribution is 8.00. The largest absolute Gasteiger partial charge is 0.338 e. The van der Waals surface area contributed by atoms with Gasteiger partial charge in [0.2, 0.25) is 5.91 Å². The van der Waals surface area contributed by atoms with Crippen LogP contribution in [0.2, 0.25) is 0 Å². The van der Waals surface area contributed by atoms with Crippen LogP contribution in [0.4, 0.5) is 4.79 Å². The number of fused-ring (bicyclic) bond motifs is 1. The van der Waals surface area contributed by atoms with Gasteiger partial charge in [-0.25, -0.2) is 4.79 Å². The number of rotatable bonds is 7. The summed E-state index contributed by atoms with van der Waals surface area (Å²) in [4.78, 5) is 25.0. The zero-order valence-electron chi connectivity index (χ0n) is 13.0. The maximum atomic E-state index is 12.1. The number of aromatic nitrogens is 4. The summed E-state index contributed by atoms with van der Waals surface area (Å²) in [5.74, 6) is 1.57. The average molecular weight is 339 g/mol. The molecule has 0 radical (unpaired) electrons. The maximum Gasteiger partial charge on any atom is 0.315 e. The Kier molecular flexibility index (Phi) is 4.99. The molecule has 9 nitrogen and oxygen atoms in total. The van der Waals surface area contributed by atoms with Crippen molar-refractivity contribution in [2.75, 3.05) is 12.8 Å². The van der Waals surface area contributed by atoms with E-state index in [9.17, 15) is 9.59 Å². The van der Waals surface area contributed by atoms with Gasteiger partial charge < -0.3 is 15.5 Å². The van der Waals surface area contributed by atoms with Crippen LogP contribution < -0.4 is 10.6 Å². The maximum absolute atomic E-state index is 12.1. The number of nitrogens with zero attached hydrogens (tertiary/aromatic N) is 4. The van der Waals surface area contributed by atoms with Gasteiger partial charge in [0.05, 0.1) is 18.6 Å². The number of urea groups is 1. The minimum atomic E-state index is -0.0523. The fraction of sp³-hybridized carbons (Fsp3) is 0.769. The Balaban J connectivity index is 1.33. The van der Waals surface area contributed by atoms with Crippen LogP contribution in [0.5, 0.6) is 0 Å². The predicted molar refractivity (Wildman–Crippen MR) is 84.6 cm³/mol. The van der Waals surface area contributed by atoms with E-state index in [-0.39, 0.29) is 24.0 Å². The number of aromatic amines is 1. The van der Waals surface area contributed by atoms with E-state index in [1.807, 2.05) is 11.8 Å². The number of hydrogen-bond acceptors (Lipinski definition) is 6. The summed E-state index contributed by atoms with van der Waals surface area (Å²) < 4.78 is 0. The Morgan fingerprint density at radius 3 is 3.04 bits per heavy atom. The molecule has 1 aromatic rings. The summed E-state index contributed by atoms with van der Waals surface area (Å²) in [5, 5.41) is 19.9. The molecule has 0 unspecified atom stereocenters. The van der Waals surface area contributed by atoms with E-state index < -0.39 is 0 Å². The van der Waals surface area contributed by atoms with Crippen LogP contribution in [0.3, 0.4) is 0 Å². The van der Waals surface area contributed by atoms with Crippen LogP contribution in [0, 0.1) is 0 Å². The number of H-pyrrole nitrogens is 1. The third-order valence-electron chi connectivity index (χ3n) is 4.26. The van der Waals surface area contributed by atoms with Gasteiger partial charge in [-0.05, 0) is 12.8 Å². The molecule has 2 aliphatic rings. The zero-order valence-corrected chi connectivity index (χ0v) is 13.8. The molecule has 2 saturated heterocycles. The van der Waals surface area contributed by atoms with E-state index >= 15 is 0 Å². The summed E-state index contributed by atoms with van der Waals surface area (Å²) in [7, 11) is 1.75. The molecule has 0 saturated carbocycles. The molecule has 3 atom stereocenters. The Labute approximate surface area is 138 Å². The van der Waals surface area contributed by atoms with Crippen LogP contribution in [-0.2, 0) is 11.3 Å². The van der Waals surface area contributed by atoms with Crippen LogP contribution in [0.25, 0.3) is 0 Å². The van der Waals surface area contributed by atoms with Gasteiger partial charge in [-0.15, -0.1) is 10.2 Å². The number of hydrogen-bond donors (Lipinski definition) is 3. The Morgan fingerprint density at radius 2 is 2.26 bits per heavy atom. The van der Waals surface area contributed by atoms with E-state index in [1.165, 1.54) is 0 Å². The number of tetrazole rings is 1. The smallest absolute Gasteiger partial charge is 0.315 e. The molecule has 3 rings (SSSR count). The fourth-order valence-electron chi connectivity index (χ4n) is 3.01. The molecule has 23 heavy (non-hydrogen) atoms. The lowest BCUT2D eigenvalue weighted by Gasteiger charge is -2.17. The molecule has 0 aromatic carbocycles. The number of thioether (sulfide) groups is 1. The zero-order chi connectivity index (χ0) is 16.2. The SMILES string of the molecule is CN(Cc1nn[nH]n1)C(=O)CCCC[C@@H]1SC[C@@H]2NC(=O)N[C@@H]21. The van der Waals surface area contributed by atoms with Crippen LogP contribution in [-0.4, -0.2) is 67.6 Å². The van der Waals surface area contributed by atoms with Gasteiger partial charge in [-0.2, -0.15) is 17.0 Å². The molecule has 0 spiro atoms. The topological polar surface area (TPSA) is 116 Å². The molecule has 3 heterocycles.